The van der Waals surface area contributed by atoms with Gasteiger partial charge in [-0.05, 0) is 6.42 Å². The Labute approximate surface area is 63.8 Å². The van der Waals surface area contributed by atoms with Gasteiger partial charge in [-0.25, -0.2) is 0 Å². The molecule has 0 aliphatic heterocycles. The van der Waals surface area contributed by atoms with Crippen LogP contribution in [-0.2, 0) is 4.79 Å². The van der Waals surface area contributed by atoms with Crippen molar-refractivity contribution >= 4 is 5.78 Å². The fourth-order valence-corrected chi connectivity index (χ4v) is 1.02. The van der Waals surface area contributed by atoms with Crippen LogP contribution in [0.5, 0.6) is 0 Å². The van der Waals surface area contributed by atoms with E-state index in [1.165, 1.54) is 12.8 Å². The summed E-state index contributed by atoms with van der Waals surface area (Å²) in [5.41, 5.74) is 0. The molecule has 0 saturated heterocycles. The molecule has 0 aromatic rings. The lowest BCUT2D eigenvalue weighted by atomic mass is 9.98. The van der Waals surface area contributed by atoms with Crippen molar-refractivity contribution in [3.63, 3.8) is 0 Å². The third kappa shape index (κ3) is 3.65. The Morgan fingerprint density at radius 3 is 2.40 bits per heavy atom. The van der Waals surface area contributed by atoms with Gasteiger partial charge in [0.15, 0.2) is 0 Å². The predicted molar refractivity (Wildman–Crippen MR) is 44.0 cm³/mol. The van der Waals surface area contributed by atoms with E-state index in [1.807, 2.05) is 13.8 Å². The summed E-state index contributed by atoms with van der Waals surface area (Å²) < 4.78 is 0. The summed E-state index contributed by atoms with van der Waals surface area (Å²) in [7, 11) is 0. The molecule has 0 aliphatic carbocycles. The highest BCUT2D eigenvalue weighted by Crippen LogP contribution is 2.09. The average molecular weight is 142 g/mol. The van der Waals surface area contributed by atoms with E-state index in [0.29, 0.717) is 18.1 Å². The van der Waals surface area contributed by atoms with Crippen LogP contribution in [0.25, 0.3) is 0 Å². The first-order valence-electron chi connectivity index (χ1n) is 4.25. The topological polar surface area (TPSA) is 17.1 Å². The van der Waals surface area contributed by atoms with Gasteiger partial charge in [-0.2, -0.15) is 0 Å². The molecule has 0 fully saturated rings. The average Bonchev–Trinajstić information content (AvgIpc) is 1.98. The third-order valence-electron chi connectivity index (χ3n) is 1.89. The molecule has 0 unspecified atom stereocenters. The van der Waals surface area contributed by atoms with Gasteiger partial charge < -0.3 is 0 Å². The van der Waals surface area contributed by atoms with Crippen LogP contribution in [-0.4, -0.2) is 5.78 Å². The number of rotatable bonds is 5. The molecular formula is C9H18O. The van der Waals surface area contributed by atoms with Gasteiger partial charge in [0.2, 0.25) is 0 Å². The zero-order valence-corrected chi connectivity index (χ0v) is 7.31. The van der Waals surface area contributed by atoms with Crippen LogP contribution < -0.4 is 0 Å². The normalized spacial score (nSPS) is 13.1. The monoisotopic (exact) mass is 142 g/mol. The molecule has 1 atom stereocenters. The summed E-state index contributed by atoms with van der Waals surface area (Å²) in [6.45, 7) is 6.12. The van der Waals surface area contributed by atoms with E-state index in [2.05, 4.69) is 6.92 Å². The van der Waals surface area contributed by atoms with E-state index in [0.717, 1.165) is 6.42 Å². The molecule has 0 N–H and O–H groups in total. The summed E-state index contributed by atoms with van der Waals surface area (Å²) in [5, 5.41) is 0. The highest BCUT2D eigenvalue weighted by atomic mass is 16.1. The van der Waals surface area contributed by atoms with Crippen molar-refractivity contribution in [1.82, 2.24) is 0 Å². The Kier molecular flexibility index (Phi) is 5.27. The van der Waals surface area contributed by atoms with E-state index in [9.17, 15) is 4.79 Å². The van der Waals surface area contributed by atoms with Crippen molar-refractivity contribution in [3.05, 3.63) is 0 Å². The van der Waals surface area contributed by atoms with Crippen LogP contribution in [0.1, 0.15) is 46.5 Å². The molecular weight excluding hydrogens is 124 g/mol. The van der Waals surface area contributed by atoms with E-state index in [4.69, 9.17) is 0 Å². The van der Waals surface area contributed by atoms with Crippen molar-refractivity contribution in [2.75, 3.05) is 0 Å². The van der Waals surface area contributed by atoms with Crippen LogP contribution >= 0.6 is 0 Å². The van der Waals surface area contributed by atoms with Gasteiger partial charge in [-0.1, -0.05) is 33.6 Å². The Morgan fingerprint density at radius 2 is 2.00 bits per heavy atom. The van der Waals surface area contributed by atoms with E-state index < -0.39 is 0 Å². The molecule has 0 aromatic carbocycles. The first-order chi connectivity index (χ1) is 4.72. The molecule has 1 nitrogen and oxygen atoms in total. The van der Waals surface area contributed by atoms with Crippen molar-refractivity contribution in [1.29, 1.82) is 0 Å². The Balaban J connectivity index is 3.41. The van der Waals surface area contributed by atoms with Gasteiger partial charge in [-0.3, -0.25) is 4.79 Å². The van der Waals surface area contributed by atoms with Crippen molar-refractivity contribution in [2.45, 2.75) is 46.5 Å². The molecule has 1 heteroatoms. The minimum absolute atomic E-state index is 0.296. The molecule has 0 bridgehead atoms. The molecule has 60 valence electrons. The molecule has 10 heavy (non-hydrogen) atoms. The van der Waals surface area contributed by atoms with Crippen LogP contribution in [0.3, 0.4) is 0 Å². The summed E-state index contributed by atoms with van der Waals surface area (Å²) in [6.07, 6.45) is 4.16. The van der Waals surface area contributed by atoms with Gasteiger partial charge in [0.05, 0.1) is 0 Å². The van der Waals surface area contributed by atoms with Gasteiger partial charge in [0, 0.05) is 12.3 Å². The minimum atomic E-state index is 0.296. The first kappa shape index (κ1) is 9.67. The van der Waals surface area contributed by atoms with Crippen molar-refractivity contribution in [2.24, 2.45) is 5.92 Å². The zero-order valence-electron chi connectivity index (χ0n) is 7.31. The van der Waals surface area contributed by atoms with Gasteiger partial charge in [0.1, 0.15) is 5.78 Å². The van der Waals surface area contributed by atoms with Crippen LogP contribution in [0.2, 0.25) is 0 Å². The Morgan fingerprint density at radius 1 is 1.40 bits per heavy atom. The molecule has 0 heterocycles. The summed E-state index contributed by atoms with van der Waals surface area (Å²) in [5.74, 6) is 0.707. The van der Waals surface area contributed by atoms with Crippen LogP contribution in [0.4, 0.5) is 0 Å². The van der Waals surface area contributed by atoms with Gasteiger partial charge in [0.25, 0.3) is 0 Å². The highest BCUT2D eigenvalue weighted by Gasteiger charge is 2.08. The number of hydrogen-bond acceptors (Lipinski definition) is 1. The number of ketones is 1. The lowest BCUT2D eigenvalue weighted by molar-refractivity contribution is -0.122. The first-order valence-corrected chi connectivity index (χ1v) is 4.25. The Hall–Kier alpha value is -0.330. The molecule has 0 aliphatic rings. The van der Waals surface area contributed by atoms with Gasteiger partial charge >= 0.3 is 0 Å². The van der Waals surface area contributed by atoms with Gasteiger partial charge in [-0.15, -0.1) is 0 Å². The second kappa shape index (κ2) is 5.45. The zero-order chi connectivity index (χ0) is 7.98. The van der Waals surface area contributed by atoms with Crippen LogP contribution in [0.15, 0.2) is 0 Å². The second-order valence-electron chi connectivity index (χ2n) is 2.86. The molecule has 0 radical (unpaired) electrons. The lowest BCUT2D eigenvalue weighted by Gasteiger charge is -2.06. The SMILES string of the molecule is CCCC[C@@H](C)C(=O)CC. The quantitative estimate of drug-likeness (QED) is 0.577. The largest absolute Gasteiger partial charge is 0.299 e. The fourth-order valence-electron chi connectivity index (χ4n) is 1.02. The molecule has 0 aromatic heterocycles. The minimum Gasteiger partial charge on any atom is -0.299 e. The number of carbonyl (C=O) groups excluding carboxylic acids is 1. The second-order valence-corrected chi connectivity index (χ2v) is 2.86. The maximum absolute atomic E-state index is 11.0. The number of hydrogen-bond donors (Lipinski definition) is 0. The summed E-state index contributed by atoms with van der Waals surface area (Å²) >= 11 is 0. The predicted octanol–water partition coefficient (Wildman–Crippen LogP) is 2.79. The number of unbranched alkanes of at least 4 members (excludes halogenated alkanes) is 1. The smallest absolute Gasteiger partial charge is 0.135 e. The lowest BCUT2D eigenvalue weighted by Crippen LogP contribution is -2.08. The van der Waals surface area contributed by atoms with Crippen LogP contribution in [0, 0.1) is 5.92 Å². The highest BCUT2D eigenvalue weighted by molar-refractivity contribution is 5.80. The summed E-state index contributed by atoms with van der Waals surface area (Å²) in [4.78, 5) is 11.0. The third-order valence-corrected chi connectivity index (χ3v) is 1.89. The Bertz CT molecular complexity index is 96.9. The molecule has 0 spiro atoms. The maximum atomic E-state index is 11.0. The standard InChI is InChI=1S/C9H18O/c1-4-6-7-8(3)9(10)5-2/h8H,4-7H2,1-3H3/t8-/m1/s1. The number of Topliss-reactive ketones (excluding diaryl/α,β-unsaturated/α-hetero) is 1. The van der Waals surface area contributed by atoms with E-state index in [-0.39, 0.29) is 0 Å². The fraction of sp³-hybridized carbons (Fsp3) is 0.889. The number of carbonyl (C=O) groups is 1. The maximum Gasteiger partial charge on any atom is 0.135 e. The van der Waals surface area contributed by atoms with E-state index >= 15 is 0 Å². The van der Waals surface area contributed by atoms with Crippen molar-refractivity contribution < 1.29 is 4.79 Å². The molecule has 0 amide bonds. The molecule has 0 saturated carbocycles. The van der Waals surface area contributed by atoms with Crippen molar-refractivity contribution in [3.8, 4) is 0 Å². The summed E-state index contributed by atoms with van der Waals surface area (Å²) in [6, 6.07) is 0. The molecule has 0 rings (SSSR count). The van der Waals surface area contributed by atoms with E-state index in [1.54, 1.807) is 0 Å².